The zero-order valence-electron chi connectivity index (χ0n) is 13.2. The van der Waals surface area contributed by atoms with Gasteiger partial charge in [0.2, 0.25) is 0 Å². The minimum Gasteiger partial charge on any atom is -0.313 e. The van der Waals surface area contributed by atoms with Crippen LogP contribution >= 0.6 is 11.6 Å². The first-order valence-electron chi connectivity index (χ1n) is 7.89. The molecule has 0 spiro atoms. The van der Waals surface area contributed by atoms with E-state index in [1.54, 1.807) is 6.07 Å². The van der Waals surface area contributed by atoms with Crippen LogP contribution in [0.2, 0.25) is 5.02 Å². The molecule has 4 heteroatoms. The highest BCUT2D eigenvalue weighted by Crippen LogP contribution is 2.26. The zero-order valence-corrected chi connectivity index (χ0v) is 14.0. The van der Waals surface area contributed by atoms with Crippen molar-refractivity contribution < 1.29 is 4.39 Å². The molecule has 118 valence electrons. The Hall–Kier alpha value is -0.640. The van der Waals surface area contributed by atoms with E-state index in [1.165, 1.54) is 18.9 Å². The van der Waals surface area contributed by atoms with Crippen molar-refractivity contribution in [1.29, 1.82) is 0 Å². The van der Waals surface area contributed by atoms with Gasteiger partial charge in [-0.2, -0.15) is 0 Å². The van der Waals surface area contributed by atoms with E-state index >= 15 is 0 Å². The molecule has 0 amide bonds. The summed E-state index contributed by atoms with van der Waals surface area (Å²) in [6, 6.07) is 5.89. The second-order valence-electron chi connectivity index (χ2n) is 6.49. The predicted octanol–water partition coefficient (Wildman–Crippen LogP) is 4.25. The molecule has 1 heterocycles. The fourth-order valence-corrected chi connectivity index (χ4v) is 3.23. The molecule has 0 aromatic heterocycles. The van der Waals surface area contributed by atoms with E-state index in [-0.39, 0.29) is 16.9 Å². The number of nitrogens with zero attached hydrogens (tertiary/aromatic N) is 1. The van der Waals surface area contributed by atoms with Crippen molar-refractivity contribution in [2.45, 2.75) is 45.7 Å². The van der Waals surface area contributed by atoms with E-state index in [0.29, 0.717) is 12.0 Å². The Morgan fingerprint density at radius 3 is 2.71 bits per heavy atom. The number of benzene rings is 1. The minimum atomic E-state index is -0.347. The highest BCUT2D eigenvalue weighted by Gasteiger charge is 2.23. The van der Waals surface area contributed by atoms with E-state index < -0.39 is 0 Å². The third kappa shape index (κ3) is 4.67. The molecule has 21 heavy (non-hydrogen) atoms. The van der Waals surface area contributed by atoms with Crippen LogP contribution in [-0.4, -0.2) is 30.6 Å². The smallest absolute Gasteiger partial charge is 0.141 e. The molecule has 2 unspecified atom stereocenters. The van der Waals surface area contributed by atoms with Crippen LogP contribution in [0, 0.1) is 11.7 Å². The lowest BCUT2D eigenvalue weighted by Crippen LogP contribution is -2.40. The molecule has 1 aliphatic rings. The number of nitrogens with one attached hydrogen (secondary N) is 1. The summed E-state index contributed by atoms with van der Waals surface area (Å²) in [5.74, 6) is 0.255. The van der Waals surface area contributed by atoms with Gasteiger partial charge in [0.05, 0.1) is 5.02 Å². The predicted molar refractivity (Wildman–Crippen MR) is 87.3 cm³/mol. The maximum absolute atomic E-state index is 13.3. The van der Waals surface area contributed by atoms with Crippen molar-refractivity contribution in [2.75, 3.05) is 19.6 Å². The molecule has 0 radical (unpaired) electrons. The average Bonchev–Trinajstić information content (AvgIpc) is 2.93. The average molecular weight is 313 g/mol. The summed E-state index contributed by atoms with van der Waals surface area (Å²) in [4.78, 5) is 2.48. The maximum Gasteiger partial charge on any atom is 0.141 e. The summed E-state index contributed by atoms with van der Waals surface area (Å²) in [5.41, 5.74) is 1.08. The van der Waals surface area contributed by atoms with Crippen molar-refractivity contribution in [3.8, 4) is 0 Å². The number of halogens is 2. The highest BCUT2D eigenvalue weighted by molar-refractivity contribution is 6.30. The fraction of sp³-hybridized carbons (Fsp3) is 0.647. The van der Waals surface area contributed by atoms with Crippen molar-refractivity contribution >= 4 is 11.6 Å². The lowest BCUT2D eigenvalue weighted by atomic mass is 10.0. The van der Waals surface area contributed by atoms with Crippen LogP contribution in [0.4, 0.5) is 4.39 Å². The van der Waals surface area contributed by atoms with Gasteiger partial charge in [-0.3, -0.25) is 4.90 Å². The van der Waals surface area contributed by atoms with Crippen LogP contribution in [0.1, 0.15) is 45.2 Å². The third-order valence-electron chi connectivity index (χ3n) is 4.19. The summed E-state index contributed by atoms with van der Waals surface area (Å²) >= 11 is 5.93. The second-order valence-corrected chi connectivity index (χ2v) is 6.90. The lowest BCUT2D eigenvalue weighted by molar-refractivity contribution is 0.171. The molecule has 1 aliphatic heterocycles. The van der Waals surface area contributed by atoms with Gasteiger partial charge in [-0.25, -0.2) is 4.39 Å². The third-order valence-corrected chi connectivity index (χ3v) is 4.48. The number of rotatable bonds is 6. The molecule has 1 fully saturated rings. The standard InChI is InChI=1S/C17H26ClFN2/c1-12(2)10-21(11-15-5-4-8-20-15)13(3)14-6-7-17(19)16(18)9-14/h6-7,9,12-13,15,20H,4-5,8,10-11H2,1-3H3. The Morgan fingerprint density at radius 2 is 2.14 bits per heavy atom. The largest absolute Gasteiger partial charge is 0.313 e. The molecule has 1 aromatic rings. The Balaban J connectivity index is 2.11. The van der Waals surface area contributed by atoms with Crippen molar-refractivity contribution in [3.63, 3.8) is 0 Å². The van der Waals surface area contributed by atoms with Gasteiger partial charge in [0.25, 0.3) is 0 Å². The van der Waals surface area contributed by atoms with E-state index in [0.717, 1.165) is 25.2 Å². The molecule has 0 bridgehead atoms. The molecular formula is C17H26ClFN2. The second kappa shape index (κ2) is 7.57. The summed E-state index contributed by atoms with van der Waals surface area (Å²) in [6.45, 7) is 9.85. The van der Waals surface area contributed by atoms with Gasteiger partial charge in [0, 0.05) is 25.2 Å². The van der Waals surface area contributed by atoms with Gasteiger partial charge in [0.15, 0.2) is 0 Å². The summed E-state index contributed by atoms with van der Waals surface area (Å²) in [6.07, 6.45) is 2.50. The fourth-order valence-electron chi connectivity index (χ4n) is 3.04. The van der Waals surface area contributed by atoms with E-state index in [1.807, 2.05) is 6.07 Å². The van der Waals surface area contributed by atoms with Gasteiger partial charge in [-0.15, -0.1) is 0 Å². The van der Waals surface area contributed by atoms with Crippen molar-refractivity contribution in [3.05, 3.63) is 34.6 Å². The Labute approximate surface area is 132 Å². The monoisotopic (exact) mass is 312 g/mol. The van der Waals surface area contributed by atoms with Crippen molar-refractivity contribution in [2.24, 2.45) is 5.92 Å². The van der Waals surface area contributed by atoms with Gasteiger partial charge in [0.1, 0.15) is 5.82 Å². The van der Waals surface area contributed by atoms with Crippen LogP contribution in [0.25, 0.3) is 0 Å². The first-order valence-corrected chi connectivity index (χ1v) is 8.27. The first-order chi connectivity index (χ1) is 9.97. The summed E-state index contributed by atoms with van der Waals surface area (Å²) in [5, 5.41) is 3.77. The molecular weight excluding hydrogens is 287 g/mol. The molecule has 1 aromatic carbocycles. The van der Waals surface area contributed by atoms with Crippen LogP contribution in [-0.2, 0) is 0 Å². The van der Waals surface area contributed by atoms with Crippen LogP contribution in [0.5, 0.6) is 0 Å². The number of hydrogen-bond acceptors (Lipinski definition) is 2. The van der Waals surface area contributed by atoms with E-state index in [2.05, 4.69) is 31.0 Å². The van der Waals surface area contributed by atoms with Crippen LogP contribution < -0.4 is 5.32 Å². The Bertz CT molecular complexity index is 458. The van der Waals surface area contributed by atoms with Gasteiger partial charge in [-0.05, 0) is 49.9 Å². The van der Waals surface area contributed by atoms with Gasteiger partial charge < -0.3 is 5.32 Å². The minimum absolute atomic E-state index is 0.211. The molecule has 0 saturated carbocycles. The molecule has 1 saturated heterocycles. The number of hydrogen-bond donors (Lipinski definition) is 1. The Morgan fingerprint density at radius 1 is 1.38 bits per heavy atom. The summed E-state index contributed by atoms with van der Waals surface area (Å²) in [7, 11) is 0. The van der Waals surface area contributed by atoms with Crippen LogP contribution in [0.3, 0.4) is 0 Å². The Kier molecular flexibility index (Phi) is 6.03. The lowest BCUT2D eigenvalue weighted by Gasteiger charge is -2.33. The molecule has 0 aliphatic carbocycles. The molecule has 2 atom stereocenters. The molecule has 1 N–H and O–H groups in total. The van der Waals surface area contributed by atoms with Crippen LogP contribution in [0.15, 0.2) is 18.2 Å². The zero-order chi connectivity index (χ0) is 15.4. The normalized spacial score (nSPS) is 20.4. The SMILES string of the molecule is CC(C)CN(CC1CCCN1)C(C)c1ccc(F)c(Cl)c1. The topological polar surface area (TPSA) is 15.3 Å². The van der Waals surface area contributed by atoms with E-state index in [4.69, 9.17) is 11.6 Å². The van der Waals surface area contributed by atoms with E-state index in [9.17, 15) is 4.39 Å². The van der Waals surface area contributed by atoms with Gasteiger partial charge >= 0.3 is 0 Å². The molecule has 2 nitrogen and oxygen atoms in total. The maximum atomic E-state index is 13.3. The van der Waals surface area contributed by atoms with Crippen molar-refractivity contribution in [1.82, 2.24) is 10.2 Å². The van der Waals surface area contributed by atoms with Gasteiger partial charge in [-0.1, -0.05) is 31.5 Å². The quantitative estimate of drug-likeness (QED) is 0.844. The highest BCUT2D eigenvalue weighted by atomic mass is 35.5. The summed E-state index contributed by atoms with van der Waals surface area (Å²) < 4.78 is 13.3. The first kappa shape index (κ1) is 16.7. The molecule has 2 rings (SSSR count).